The molecule has 9 fully saturated rings. The number of hydrogen-bond acceptors (Lipinski definition) is 15. The first-order valence-corrected chi connectivity index (χ1v) is 24.9. The van der Waals surface area contributed by atoms with Gasteiger partial charge in [0.05, 0.1) is 17.3 Å². The number of piperidine rings is 2. The zero-order valence-electron chi connectivity index (χ0n) is 38.7. The van der Waals surface area contributed by atoms with Crippen LogP contribution in [0.4, 0.5) is 0 Å². The summed E-state index contributed by atoms with van der Waals surface area (Å²) in [4.78, 5) is 26.6. The average Bonchev–Trinajstić information content (AvgIpc) is 3.73. The van der Waals surface area contributed by atoms with E-state index in [2.05, 4.69) is 38.3 Å². The highest BCUT2D eigenvalue weighted by Gasteiger charge is 2.89. The van der Waals surface area contributed by atoms with Crippen molar-refractivity contribution in [1.29, 1.82) is 0 Å². The zero-order chi connectivity index (χ0) is 47.9. The van der Waals surface area contributed by atoms with Gasteiger partial charge in [0.15, 0.2) is 6.10 Å². The van der Waals surface area contributed by atoms with Crippen molar-refractivity contribution in [2.75, 3.05) is 13.1 Å². The van der Waals surface area contributed by atoms with Crippen molar-refractivity contribution in [2.24, 2.45) is 35.0 Å². The summed E-state index contributed by atoms with van der Waals surface area (Å²) >= 11 is 0. The summed E-state index contributed by atoms with van der Waals surface area (Å²) in [5.41, 5.74) is -7.04. The minimum atomic E-state index is -4.67. The maximum Gasteiger partial charge on any atom is 0.394 e. The summed E-state index contributed by atoms with van der Waals surface area (Å²) in [7, 11) is -4.67. The van der Waals surface area contributed by atoms with Crippen LogP contribution in [0.3, 0.4) is 0 Å². The predicted molar refractivity (Wildman–Crippen MR) is 232 cm³/mol. The third-order valence-electron chi connectivity index (χ3n) is 18.6. The summed E-state index contributed by atoms with van der Waals surface area (Å²) in [6, 6.07) is -0.387. The fraction of sp³-hybridized carbons (Fsp3) is 0.830. The van der Waals surface area contributed by atoms with Gasteiger partial charge in [-0.05, 0) is 105 Å². The summed E-state index contributed by atoms with van der Waals surface area (Å²) in [6.45, 7) is 18.2. The quantitative estimate of drug-likeness (QED) is 0.0650. The normalized spacial score (nSPS) is 51.9. The van der Waals surface area contributed by atoms with Gasteiger partial charge in [-0.15, -0.1) is 0 Å². The van der Waals surface area contributed by atoms with Crippen LogP contribution in [0, 0.1) is 35.0 Å². The number of fused-ring (bicyclic) bond motifs is 8. The van der Waals surface area contributed by atoms with Crippen molar-refractivity contribution >= 4 is 22.3 Å². The third-order valence-corrected chi connectivity index (χ3v) is 18.6. The molecule has 5 heterocycles. The molecular formula is C47H71NO16S. The van der Waals surface area contributed by atoms with Crippen LogP contribution in [0.25, 0.3) is 0 Å². The lowest BCUT2D eigenvalue weighted by Gasteiger charge is -2.68. The van der Waals surface area contributed by atoms with Crippen molar-refractivity contribution in [3.05, 3.63) is 35.5 Å². The maximum atomic E-state index is 12.9. The molecule has 4 bridgehead atoms. The largest absolute Gasteiger partial charge is 0.455 e. The molecule has 8 N–H and O–H groups in total. The van der Waals surface area contributed by atoms with Crippen LogP contribution in [0.5, 0.6) is 0 Å². The molecule has 18 atom stereocenters. The van der Waals surface area contributed by atoms with Gasteiger partial charge in [0.2, 0.25) is 5.79 Å². The number of hydrogen-bond donors (Lipinski definition) is 8. The Morgan fingerprint density at radius 1 is 0.954 bits per heavy atom. The Morgan fingerprint density at radius 3 is 2.28 bits per heavy atom. The topological polar surface area (TPSA) is 274 Å². The average molecular weight is 938 g/mol. The molecule has 10 rings (SSSR count). The van der Waals surface area contributed by atoms with E-state index in [1.54, 1.807) is 26.8 Å². The van der Waals surface area contributed by atoms with E-state index < -0.39 is 85.5 Å². The van der Waals surface area contributed by atoms with E-state index in [9.17, 15) is 40.2 Å². The van der Waals surface area contributed by atoms with Crippen molar-refractivity contribution in [3.63, 3.8) is 0 Å². The van der Waals surface area contributed by atoms with Crippen LogP contribution in [0.15, 0.2) is 35.5 Å². The van der Waals surface area contributed by atoms with Crippen LogP contribution >= 0.6 is 0 Å². The molecule has 0 aromatic heterocycles. The van der Waals surface area contributed by atoms with Crippen LogP contribution in [0.1, 0.15) is 126 Å². The molecular weight excluding hydrogens is 867 g/mol. The molecule has 18 heteroatoms. The van der Waals surface area contributed by atoms with Crippen LogP contribution in [-0.2, 0) is 38.9 Å². The molecule has 65 heavy (non-hydrogen) atoms. The van der Waals surface area contributed by atoms with Gasteiger partial charge in [-0.1, -0.05) is 38.2 Å². The fourth-order valence-corrected chi connectivity index (χ4v) is 15.0. The Bertz CT molecular complexity index is 2140. The van der Waals surface area contributed by atoms with Crippen molar-refractivity contribution in [2.45, 2.75) is 195 Å². The lowest BCUT2D eigenvalue weighted by Crippen LogP contribution is -2.85. The lowest BCUT2D eigenvalue weighted by molar-refractivity contribution is -0.354. The molecule has 0 amide bonds. The zero-order valence-corrected chi connectivity index (χ0v) is 39.6. The molecule has 0 aromatic carbocycles. The number of epoxide rings is 1. The smallest absolute Gasteiger partial charge is 0.394 e. The Morgan fingerprint density at radius 2 is 1.62 bits per heavy atom. The monoisotopic (exact) mass is 937 g/mol. The predicted octanol–water partition coefficient (Wildman–Crippen LogP) is 3.10. The van der Waals surface area contributed by atoms with Gasteiger partial charge in [0.25, 0.3) is 0 Å². The highest BCUT2D eigenvalue weighted by molar-refractivity contribution is 7.79. The molecule has 18 unspecified atom stereocenters. The molecule has 5 aliphatic carbocycles. The molecule has 5 saturated heterocycles. The van der Waals surface area contributed by atoms with Crippen LogP contribution in [0.2, 0.25) is 0 Å². The molecule has 0 aromatic rings. The highest BCUT2D eigenvalue weighted by Crippen LogP contribution is 2.78. The first-order chi connectivity index (χ1) is 30.0. The first kappa shape index (κ1) is 49.1. The molecule has 10 aliphatic rings. The Hall–Kier alpha value is -2.33. The molecule has 366 valence electrons. The van der Waals surface area contributed by atoms with Crippen LogP contribution in [-0.4, -0.2) is 148 Å². The van der Waals surface area contributed by atoms with Gasteiger partial charge >= 0.3 is 22.3 Å². The minimum absolute atomic E-state index is 0.0606. The molecule has 17 nitrogen and oxygen atoms in total. The van der Waals surface area contributed by atoms with Crippen molar-refractivity contribution in [3.8, 4) is 0 Å². The summed E-state index contributed by atoms with van der Waals surface area (Å²) in [5.74, 6) is -4.15. The van der Waals surface area contributed by atoms with Gasteiger partial charge < -0.3 is 49.6 Å². The number of nitrogens with zero attached hydrogens (tertiary/aromatic N) is 1. The number of allylic oxidation sites excluding steroid dienone is 3. The van der Waals surface area contributed by atoms with E-state index in [1.807, 2.05) is 6.92 Å². The molecule has 0 radical (unpaired) electrons. The number of carbonyl (C=O) groups excluding carboxylic acids is 2. The van der Waals surface area contributed by atoms with E-state index >= 15 is 0 Å². The highest BCUT2D eigenvalue weighted by atomic mass is 32.3. The maximum absolute atomic E-state index is 12.9. The van der Waals surface area contributed by atoms with Gasteiger partial charge in [-0.2, -0.15) is 8.42 Å². The van der Waals surface area contributed by atoms with Gasteiger partial charge in [0, 0.05) is 72.2 Å². The lowest BCUT2D eigenvalue weighted by atomic mass is 9.49. The number of ether oxygens (including phenoxy) is 4. The molecule has 4 saturated carbocycles. The SMILES string of the molecule is C=C1C(=O)OC2C1CCC(C)=CCCC1(C)OC21.CC=C(C)C(=O)OC1CCC2(C)C3CCC4C5(O)CC(O)C6(O)C(CN7CC(C)CCC7C6(C)O)C5(O)CC42OC13O.O=S(=O)(O)O. The Kier molecular flexibility index (Phi) is 12.0. The van der Waals surface area contributed by atoms with Gasteiger partial charge in [0.1, 0.15) is 34.6 Å². The van der Waals surface area contributed by atoms with Gasteiger partial charge in [-0.3, -0.25) is 14.0 Å². The number of aliphatic hydroxyl groups is 6. The number of rotatable bonds is 2. The number of aliphatic hydroxyl groups excluding tert-OH is 1. The molecule has 1 spiro atoms. The number of carbonyl (C=O) groups is 2. The standard InChI is InChI=1S/C32H49NO9.C15H20O3.H2O4S/c1-6-18(3)25(35)41-24-11-12-26(4)19-8-9-20-28(37)13-23(34)31(39)21(29(28,38)16-30(20,26)42-32(19,24)40)15-33-14-17(2)7-10-22(33)27(31,5)36;1-9-5-4-8-15(3)13(18-15)12-11(7-6-9)10(2)14(16)17-12;1-5(2,3)4/h6,17,19-24,34,36-40H,7-16H2,1-5H3;5,11-13H,2,4,6-8H2,1,3H3;(H2,1,2,3,4). The summed E-state index contributed by atoms with van der Waals surface area (Å²) in [5, 5.41) is 73.9. The van der Waals surface area contributed by atoms with E-state index in [4.69, 9.17) is 36.5 Å². The second kappa shape index (κ2) is 15.9. The summed E-state index contributed by atoms with van der Waals surface area (Å²) < 4.78 is 55.5. The first-order valence-electron chi connectivity index (χ1n) is 23.5. The van der Waals surface area contributed by atoms with E-state index in [-0.39, 0.29) is 55.1 Å². The van der Waals surface area contributed by atoms with Gasteiger partial charge in [-0.25, -0.2) is 9.59 Å². The third kappa shape index (κ3) is 7.20. The van der Waals surface area contributed by atoms with Crippen molar-refractivity contribution < 1.29 is 76.7 Å². The van der Waals surface area contributed by atoms with Crippen molar-refractivity contribution in [1.82, 2.24) is 4.90 Å². The second-order valence-electron chi connectivity index (χ2n) is 22.1. The number of esters is 2. The summed E-state index contributed by atoms with van der Waals surface area (Å²) in [6.07, 6.45) is 8.55. The minimum Gasteiger partial charge on any atom is -0.455 e. The Labute approximate surface area is 381 Å². The Balaban J connectivity index is 0.000000206. The van der Waals surface area contributed by atoms with E-state index in [0.717, 1.165) is 32.1 Å². The molecule has 5 aliphatic heterocycles. The van der Waals surface area contributed by atoms with E-state index in [1.165, 1.54) is 5.57 Å². The fourth-order valence-electron chi connectivity index (χ4n) is 15.0. The van der Waals surface area contributed by atoms with Crippen LogP contribution < -0.4 is 0 Å². The second-order valence-corrected chi connectivity index (χ2v) is 23.0. The van der Waals surface area contributed by atoms with E-state index in [0.29, 0.717) is 55.7 Å².